The zero-order valence-corrected chi connectivity index (χ0v) is 19.4. The summed E-state index contributed by atoms with van der Waals surface area (Å²) < 4.78 is 25.6. The van der Waals surface area contributed by atoms with Gasteiger partial charge in [0.2, 0.25) is 0 Å². The van der Waals surface area contributed by atoms with Gasteiger partial charge in [-0.05, 0) is 80.1 Å². The van der Waals surface area contributed by atoms with Gasteiger partial charge in [0.05, 0.1) is 12.0 Å². The average Bonchev–Trinajstić information content (AvgIpc) is 2.90. The van der Waals surface area contributed by atoms with E-state index in [1.54, 1.807) is 19.1 Å². The van der Waals surface area contributed by atoms with Crippen molar-refractivity contribution in [1.82, 2.24) is 4.90 Å². The van der Waals surface area contributed by atoms with Crippen LogP contribution >= 0.6 is 0 Å². The van der Waals surface area contributed by atoms with Crippen LogP contribution in [-0.4, -0.2) is 43.7 Å². The minimum atomic E-state index is -0.548. The van der Waals surface area contributed by atoms with E-state index in [1.807, 2.05) is 13.2 Å². The lowest BCUT2D eigenvalue weighted by atomic mass is 9.39. The number of fused-ring (bicyclic) bond motifs is 1. The quantitative estimate of drug-likeness (QED) is 0.389. The van der Waals surface area contributed by atoms with Gasteiger partial charge >= 0.3 is 5.97 Å². The van der Waals surface area contributed by atoms with Crippen molar-refractivity contribution < 1.29 is 18.7 Å². The Morgan fingerprint density at radius 1 is 1.24 bits per heavy atom. The van der Waals surface area contributed by atoms with Crippen LogP contribution in [0.4, 0.5) is 4.39 Å². The van der Waals surface area contributed by atoms with E-state index in [-0.39, 0.29) is 28.7 Å². The van der Waals surface area contributed by atoms with Gasteiger partial charge in [0.1, 0.15) is 11.6 Å². The number of rotatable bonds is 4. The summed E-state index contributed by atoms with van der Waals surface area (Å²) in [6, 6.07) is 12.8. The zero-order chi connectivity index (χ0) is 23.0. The number of likely N-dealkylation sites (tertiary alicyclic amines) is 1. The summed E-state index contributed by atoms with van der Waals surface area (Å²) >= 11 is 0. The molecule has 4 nitrogen and oxygen atoms in total. The molecule has 2 aromatic rings. The smallest absolute Gasteiger partial charge is 0.318 e. The number of nitrogens with zero attached hydrogens (tertiary/aromatic N) is 1. The average molecular weight is 448 g/mol. The van der Waals surface area contributed by atoms with Crippen LogP contribution in [0.25, 0.3) is 0 Å². The van der Waals surface area contributed by atoms with Gasteiger partial charge in [-0.3, -0.25) is 4.79 Å². The van der Waals surface area contributed by atoms with E-state index in [2.05, 4.69) is 36.2 Å². The summed E-state index contributed by atoms with van der Waals surface area (Å²) in [7, 11) is 4.08. The van der Waals surface area contributed by atoms with Crippen LogP contribution in [0, 0.1) is 17.2 Å². The number of carbonyl (C=O) groups excluding carboxylic acids is 1. The van der Waals surface area contributed by atoms with E-state index in [0.717, 1.165) is 25.8 Å². The molecule has 0 radical (unpaired) electrons. The molecule has 33 heavy (non-hydrogen) atoms. The molecule has 1 saturated heterocycles. The number of esters is 1. The SMILES string of the molecule is CO[C@H]1CC=CC23CN(C)C4Cc5ccc(OC(=O)C(C)c6cccc(F)c6)cc5C1(C2)C43. The maximum Gasteiger partial charge on any atom is 0.318 e. The van der Waals surface area contributed by atoms with Crippen molar-refractivity contribution in [3.05, 3.63) is 77.1 Å². The molecule has 6 rings (SSSR count). The maximum absolute atomic E-state index is 13.6. The Kier molecular flexibility index (Phi) is 4.63. The van der Waals surface area contributed by atoms with Crippen molar-refractivity contribution in [3.63, 3.8) is 0 Å². The summed E-state index contributed by atoms with van der Waals surface area (Å²) in [6.45, 7) is 2.85. The molecule has 1 aliphatic heterocycles. The van der Waals surface area contributed by atoms with Crippen LogP contribution in [0.1, 0.15) is 42.4 Å². The number of carbonyl (C=O) groups is 1. The number of benzene rings is 2. The van der Waals surface area contributed by atoms with Crippen molar-refractivity contribution in [3.8, 4) is 5.75 Å². The Labute approximate surface area is 194 Å². The van der Waals surface area contributed by atoms with Gasteiger partial charge in [-0.15, -0.1) is 0 Å². The predicted octanol–water partition coefficient (Wildman–Crippen LogP) is 4.62. The molecule has 0 aromatic heterocycles. The minimum absolute atomic E-state index is 0.0577. The van der Waals surface area contributed by atoms with E-state index in [0.29, 0.717) is 23.3 Å². The van der Waals surface area contributed by atoms with Crippen LogP contribution in [0.15, 0.2) is 54.6 Å². The molecule has 5 unspecified atom stereocenters. The molecule has 2 fully saturated rings. The second kappa shape index (κ2) is 7.25. The Morgan fingerprint density at radius 2 is 2.09 bits per heavy atom. The van der Waals surface area contributed by atoms with Gasteiger partial charge in [-0.2, -0.15) is 0 Å². The van der Waals surface area contributed by atoms with E-state index in [1.165, 1.54) is 23.3 Å². The molecule has 5 heteroatoms. The first-order valence-electron chi connectivity index (χ1n) is 11.9. The number of ether oxygens (including phenoxy) is 2. The third kappa shape index (κ3) is 2.85. The number of hydrogen-bond donors (Lipinski definition) is 0. The second-order valence-corrected chi connectivity index (χ2v) is 10.5. The predicted molar refractivity (Wildman–Crippen MR) is 124 cm³/mol. The molecule has 0 N–H and O–H groups in total. The number of hydrogen-bond acceptors (Lipinski definition) is 4. The normalized spacial score (nSPS) is 34.6. The lowest BCUT2D eigenvalue weighted by molar-refractivity contribution is -0.135. The first-order valence-corrected chi connectivity index (χ1v) is 11.9. The molecule has 172 valence electrons. The van der Waals surface area contributed by atoms with Crippen LogP contribution in [0.2, 0.25) is 0 Å². The van der Waals surface area contributed by atoms with Crippen molar-refractivity contribution in [1.29, 1.82) is 0 Å². The highest BCUT2D eigenvalue weighted by molar-refractivity contribution is 5.80. The van der Waals surface area contributed by atoms with Crippen LogP contribution < -0.4 is 4.74 Å². The molecule has 1 saturated carbocycles. The van der Waals surface area contributed by atoms with Gasteiger partial charge in [0, 0.05) is 30.5 Å². The van der Waals surface area contributed by atoms with Crippen molar-refractivity contribution in [2.24, 2.45) is 11.3 Å². The Morgan fingerprint density at radius 3 is 2.88 bits per heavy atom. The van der Waals surface area contributed by atoms with Gasteiger partial charge in [-0.1, -0.05) is 30.4 Å². The molecule has 2 bridgehead atoms. The van der Waals surface area contributed by atoms with E-state index < -0.39 is 5.92 Å². The van der Waals surface area contributed by atoms with Gasteiger partial charge < -0.3 is 14.4 Å². The highest BCUT2D eigenvalue weighted by Crippen LogP contribution is 2.72. The molecule has 4 aliphatic rings. The minimum Gasteiger partial charge on any atom is -0.426 e. The molecular formula is C28H30FNO3. The summed E-state index contributed by atoms with van der Waals surface area (Å²) in [5, 5.41) is 0. The van der Waals surface area contributed by atoms with Crippen molar-refractivity contribution in [2.75, 3.05) is 20.7 Å². The van der Waals surface area contributed by atoms with E-state index >= 15 is 0 Å². The summed E-state index contributed by atoms with van der Waals surface area (Å²) in [6.07, 6.45) is 7.89. The molecule has 6 atom stereocenters. The highest BCUT2D eigenvalue weighted by Gasteiger charge is 2.73. The molecule has 0 amide bonds. The summed E-state index contributed by atoms with van der Waals surface area (Å²) in [5.41, 5.74) is 3.40. The second-order valence-electron chi connectivity index (χ2n) is 10.5. The van der Waals surface area contributed by atoms with Crippen LogP contribution in [0.5, 0.6) is 5.75 Å². The molecular weight excluding hydrogens is 417 g/mol. The van der Waals surface area contributed by atoms with Gasteiger partial charge in [0.15, 0.2) is 0 Å². The Balaban J connectivity index is 1.35. The van der Waals surface area contributed by atoms with Crippen molar-refractivity contribution >= 4 is 5.97 Å². The Hall–Kier alpha value is -2.50. The first-order chi connectivity index (χ1) is 15.9. The summed E-state index contributed by atoms with van der Waals surface area (Å²) in [4.78, 5) is 15.4. The fourth-order valence-corrected chi connectivity index (χ4v) is 7.62. The molecule has 2 aromatic carbocycles. The fourth-order valence-electron chi connectivity index (χ4n) is 7.62. The third-order valence-electron chi connectivity index (χ3n) is 8.88. The molecule has 3 aliphatic carbocycles. The van der Waals surface area contributed by atoms with Gasteiger partial charge in [0.25, 0.3) is 0 Å². The number of methoxy groups -OCH3 is 1. The number of likely N-dealkylation sites (N-methyl/N-ethyl adjacent to an activating group) is 1. The van der Waals surface area contributed by atoms with E-state index in [9.17, 15) is 9.18 Å². The number of halogens is 1. The molecule has 2 spiro atoms. The topological polar surface area (TPSA) is 38.8 Å². The van der Waals surface area contributed by atoms with E-state index in [4.69, 9.17) is 9.47 Å². The third-order valence-corrected chi connectivity index (χ3v) is 8.88. The summed E-state index contributed by atoms with van der Waals surface area (Å²) in [5.74, 6) is -0.194. The maximum atomic E-state index is 13.6. The first kappa shape index (κ1) is 21.1. The zero-order valence-electron chi connectivity index (χ0n) is 19.4. The fraction of sp³-hybridized carbons (Fsp3) is 0.464. The van der Waals surface area contributed by atoms with Crippen LogP contribution in [0.3, 0.4) is 0 Å². The van der Waals surface area contributed by atoms with Gasteiger partial charge in [-0.25, -0.2) is 4.39 Å². The Bertz CT molecular complexity index is 1160. The standard InChI is InChI=1S/C28H30FNO3/c1-17(18-6-4-7-20(29)12-18)26(31)33-21-10-9-19-13-23-25-27(16-30(23)2)11-5-8-24(32-3)28(25,15-27)22(19)14-21/h4-7,9-12,14,17,23-25H,8,13,15-16H2,1-3H3/t17?,23?,24-,25?,27?,28?/m0/s1. The molecule has 1 heterocycles. The largest absolute Gasteiger partial charge is 0.426 e. The van der Waals surface area contributed by atoms with Crippen molar-refractivity contribution in [2.45, 2.75) is 49.7 Å². The highest BCUT2D eigenvalue weighted by atomic mass is 19.1. The monoisotopic (exact) mass is 447 g/mol. The van der Waals surface area contributed by atoms with Crippen LogP contribution in [-0.2, 0) is 21.4 Å². The lowest BCUT2D eigenvalue weighted by Crippen LogP contribution is -2.66. The lowest BCUT2D eigenvalue weighted by Gasteiger charge is -2.64.